The Morgan fingerprint density at radius 2 is 1.74 bits per heavy atom. The number of halogens is 2. The highest BCUT2D eigenvalue weighted by Gasteiger charge is 2.46. The second kappa shape index (κ2) is 11.7. The molecule has 1 aliphatic heterocycles. The Morgan fingerprint density at radius 3 is 2.45 bits per heavy atom. The van der Waals surface area contributed by atoms with E-state index in [9.17, 15) is 9.18 Å². The molecular weight excluding hydrogens is 503 g/mol. The number of hydrogen-bond donors (Lipinski definition) is 1. The van der Waals surface area contributed by atoms with Gasteiger partial charge in [0.25, 0.3) is 0 Å². The fraction of sp³-hybridized carbons (Fsp3) is 0.387. The third kappa shape index (κ3) is 5.67. The topological polar surface area (TPSA) is 50.8 Å². The molecule has 38 heavy (non-hydrogen) atoms. The zero-order valence-corrected chi connectivity index (χ0v) is 22.5. The Hall–Kier alpha value is -3.09. The molecule has 2 fully saturated rings. The smallest absolute Gasteiger partial charge is 0.231 e. The van der Waals surface area contributed by atoms with Crippen LogP contribution in [-0.2, 0) is 16.8 Å². The second-order valence-corrected chi connectivity index (χ2v) is 10.7. The van der Waals surface area contributed by atoms with Crippen molar-refractivity contribution >= 4 is 17.5 Å². The summed E-state index contributed by atoms with van der Waals surface area (Å²) in [5, 5.41) is 3.60. The first-order valence-electron chi connectivity index (χ1n) is 13.4. The van der Waals surface area contributed by atoms with Gasteiger partial charge in [-0.1, -0.05) is 54.8 Å². The number of para-hydroxylation sites is 2. The van der Waals surface area contributed by atoms with Crippen LogP contribution in [0.1, 0.15) is 49.7 Å². The standard InChI is InChI=1S/C31H34ClFN2O3/c1-37-27-12-2-3-13-28(27)38-24-9-6-8-22(20-24)21-35-18-14-23(15-19-35)34-30(36)31(16-4-5-17-31)29-25(32)10-7-11-26(29)33/h2-3,6-13,20,23H,4-5,14-19,21H2,1H3,(H,34,36). The van der Waals surface area contributed by atoms with Crippen molar-refractivity contribution in [3.05, 3.63) is 88.7 Å². The van der Waals surface area contributed by atoms with Crippen molar-refractivity contribution in [3.63, 3.8) is 0 Å². The first kappa shape index (κ1) is 26.5. The molecule has 0 atom stereocenters. The third-order valence-electron chi connectivity index (χ3n) is 7.86. The maximum Gasteiger partial charge on any atom is 0.231 e. The Bertz CT molecular complexity index is 1250. The summed E-state index contributed by atoms with van der Waals surface area (Å²) < 4.78 is 26.3. The molecule has 5 rings (SSSR count). The van der Waals surface area contributed by atoms with Crippen molar-refractivity contribution in [2.45, 2.75) is 56.5 Å². The lowest BCUT2D eigenvalue weighted by Gasteiger charge is -2.36. The Balaban J connectivity index is 1.18. The van der Waals surface area contributed by atoms with Gasteiger partial charge >= 0.3 is 0 Å². The zero-order chi connectivity index (χ0) is 26.5. The van der Waals surface area contributed by atoms with E-state index in [0.717, 1.165) is 51.1 Å². The highest BCUT2D eigenvalue weighted by molar-refractivity contribution is 6.31. The highest BCUT2D eigenvalue weighted by atomic mass is 35.5. The van der Waals surface area contributed by atoms with Crippen molar-refractivity contribution in [2.24, 2.45) is 0 Å². The summed E-state index contributed by atoms with van der Waals surface area (Å²) in [4.78, 5) is 16.0. The van der Waals surface area contributed by atoms with Gasteiger partial charge in [-0.15, -0.1) is 0 Å². The summed E-state index contributed by atoms with van der Waals surface area (Å²) in [6, 6.07) is 20.5. The van der Waals surface area contributed by atoms with Gasteiger partial charge in [0.1, 0.15) is 11.6 Å². The number of piperidine rings is 1. The number of benzene rings is 3. The minimum atomic E-state index is -0.874. The number of amides is 1. The van der Waals surface area contributed by atoms with Crippen LogP contribution in [0.15, 0.2) is 66.7 Å². The van der Waals surface area contributed by atoms with Crippen LogP contribution in [0.2, 0.25) is 5.02 Å². The molecule has 5 nitrogen and oxygen atoms in total. The molecule has 0 unspecified atom stereocenters. The quantitative estimate of drug-likeness (QED) is 0.341. The fourth-order valence-electron chi connectivity index (χ4n) is 5.88. The summed E-state index contributed by atoms with van der Waals surface area (Å²) >= 11 is 6.41. The van der Waals surface area contributed by atoms with Crippen LogP contribution in [0.3, 0.4) is 0 Å². The summed E-state index contributed by atoms with van der Waals surface area (Å²) in [6.07, 6.45) is 4.76. The molecule has 3 aromatic rings. The van der Waals surface area contributed by atoms with E-state index in [-0.39, 0.29) is 17.8 Å². The van der Waals surface area contributed by atoms with Crippen LogP contribution in [0.25, 0.3) is 0 Å². The highest BCUT2D eigenvalue weighted by Crippen LogP contribution is 2.45. The van der Waals surface area contributed by atoms with E-state index in [2.05, 4.69) is 22.3 Å². The summed E-state index contributed by atoms with van der Waals surface area (Å²) in [5.41, 5.74) is 0.657. The SMILES string of the molecule is COc1ccccc1Oc1cccc(CN2CCC(NC(=O)C3(c4c(F)cccc4Cl)CCCC3)CC2)c1. The van der Waals surface area contributed by atoms with E-state index in [1.807, 2.05) is 36.4 Å². The van der Waals surface area contributed by atoms with Gasteiger partial charge in [0.15, 0.2) is 11.5 Å². The van der Waals surface area contributed by atoms with E-state index in [4.69, 9.17) is 21.1 Å². The lowest BCUT2D eigenvalue weighted by molar-refractivity contribution is -0.127. The number of nitrogens with one attached hydrogen (secondary N) is 1. The molecule has 1 saturated heterocycles. The number of ether oxygens (including phenoxy) is 2. The van der Waals surface area contributed by atoms with E-state index in [0.29, 0.717) is 34.9 Å². The second-order valence-electron chi connectivity index (χ2n) is 10.3. The van der Waals surface area contributed by atoms with Crippen LogP contribution in [-0.4, -0.2) is 37.0 Å². The van der Waals surface area contributed by atoms with Gasteiger partial charge in [0.05, 0.1) is 12.5 Å². The molecule has 1 heterocycles. The van der Waals surface area contributed by atoms with Gasteiger partial charge in [-0.3, -0.25) is 9.69 Å². The monoisotopic (exact) mass is 536 g/mol. The first-order valence-corrected chi connectivity index (χ1v) is 13.7. The number of nitrogens with zero attached hydrogens (tertiary/aromatic N) is 1. The number of carbonyl (C=O) groups is 1. The van der Waals surface area contributed by atoms with Crippen molar-refractivity contribution < 1.29 is 18.7 Å². The first-order chi connectivity index (χ1) is 18.5. The molecule has 3 aromatic carbocycles. The van der Waals surface area contributed by atoms with Crippen molar-refractivity contribution in [2.75, 3.05) is 20.2 Å². The van der Waals surface area contributed by atoms with Crippen LogP contribution < -0.4 is 14.8 Å². The van der Waals surface area contributed by atoms with Crippen LogP contribution in [0.4, 0.5) is 4.39 Å². The lowest BCUT2D eigenvalue weighted by atomic mass is 9.77. The van der Waals surface area contributed by atoms with Crippen LogP contribution in [0.5, 0.6) is 17.2 Å². The number of carbonyl (C=O) groups excluding carboxylic acids is 1. The minimum absolute atomic E-state index is 0.0713. The summed E-state index contributed by atoms with van der Waals surface area (Å²) in [6.45, 7) is 2.55. The number of hydrogen-bond acceptors (Lipinski definition) is 4. The van der Waals surface area contributed by atoms with Crippen molar-refractivity contribution in [1.29, 1.82) is 0 Å². The van der Waals surface area contributed by atoms with Crippen LogP contribution >= 0.6 is 11.6 Å². The van der Waals surface area contributed by atoms with Gasteiger partial charge in [-0.25, -0.2) is 4.39 Å². The Morgan fingerprint density at radius 1 is 1.03 bits per heavy atom. The molecule has 1 saturated carbocycles. The number of rotatable bonds is 8. The van der Waals surface area contributed by atoms with E-state index in [1.165, 1.54) is 11.6 Å². The summed E-state index contributed by atoms with van der Waals surface area (Å²) in [7, 11) is 1.63. The maximum atomic E-state index is 14.8. The van der Waals surface area contributed by atoms with Gasteiger partial charge in [0.2, 0.25) is 5.91 Å². The predicted octanol–water partition coefficient (Wildman–Crippen LogP) is 6.87. The largest absolute Gasteiger partial charge is 0.493 e. The van der Waals surface area contributed by atoms with Gasteiger partial charge in [0, 0.05) is 36.3 Å². The average Bonchev–Trinajstić information content (AvgIpc) is 3.41. The predicted molar refractivity (Wildman–Crippen MR) is 148 cm³/mol. The number of likely N-dealkylation sites (tertiary alicyclic amines) is 1. The fourth-order valence-corrected chi connectivity index (χ4v) is 6.22. The molecule has 1 amide bonds. The van der Waals surface area contributed by atoms with Crippen molar-refractivity contribution in [3.8, 4) is 17.2 Å². The molecular formula is C31H34ClFN2O3. The molecule has 2 aliphatic rings. The lowest BCUT2D eigenvalue weighted by Crippen LogP contribution is -2.50. The van der Waals surface area contributed by atoms with E-state index >= 15 is 0 Å². The molecule has 1 aliphatic carbocycles. The van der Waals surface area contributed by atoms with E-state index < -0.39 is 5.41 Å². The van der Waals surface area contributed by atoms with Crippen LogP contribution in [0, 0.1) is 5.82 Å². The Labute approximate surface area is 228 Å². The molecule has 0 aromatic heterocycles. The van der Waals surface area contributed by atoms with E-state index in [1.54, 1.807) is 19.2 Å². The van der Waals surface area contributed by atoms with Gasteiger partial charge in [-0.05, 0) is 67.6 Å². The summed E-state index contributed by atoms with van der Waals surface area (Å²) in [5.74, 6) is 1.67. The maximum absolute atomic E-state index is 14.8. The minimum Gasteiger partial charge on any atom is -0.493 e. The third-order valence-corrected chi connectivity index (χ3v) is 8.17. The zero-order valence-electron chi connectivity index (χ0n) is 21.7. The van der Waals surface area contributed by atoms with Crippen molar-refractivity contribution in [1.82, 2.24) is 10.2 Å². The van der Waals surface area contributed by atoms with Gasteiger partial charge < -0.3 is 14.8 Å². The van der Waals surface area contributed by atoms with Gasteiger partial charge in [-0.2, -0.15) is 0 Å². The average molecular weight is 537 g/mol. The molecule has 0 radical (unpaired) electrons. The molecule has 0 spiro atoms. The Kier molecular flexibility index (Phi) is 8.20. The molecule has 0 bridgehead atoms. The molecule has 7 heteroatoms. The molecule has 200 valence electrons. The number of methoxy groups -OCH3 is 1. The normalized spacial score (nSPS) is 17.8. The molecule has 1 N–H and O–H groups in total.